The summed E-state index contributed by atoms with van der Waals surface area (Å²) in [7, 11) is -2.61. The van der Waals surface area contributed by atoms with Crippen LogP contribution < -0.4 is 15.2 Å². The summed E-state index contributed by atoms with van der Waals surface area (Å²) in [6.45, 7) is 1.97. The average Bonchev–Trinajstić information content (AvgIpc) is 2.61. The summed E-state index contributed by atoms with van der Waals surface area (Å²) in [5.74, 6) is -0.859. The second kappa shape index (κ2) is 7.98. The van der Waals surface area contributed by atoms with Crippen LogP contribution in [0.25, 0.3) is 0 Å². The molecule has 0 fully saturated rings. The van der Waals surface area contributed by atoms with Gasteiger partial charge < -0.3 is 14.8 Å². The fraction of sp³-hybridized carbons (Fsp3) is 0.176. The Hall–Kier alpha value is -2.91. The Balaban J connectivity index is 2.25. The number of rotatable bonds is 6. The second-order valence-corrected chi connectivity index (χ2v) is 6.72. The topological polar surface area (TPSA) is 125 Å². The van der Waals surface area contributed by atoms with Gasteiger partial charge in [-0.2, -0.15) is 0 Å². The first kappa shape index (κ1) is 19.4. The minimum absolute atomic E-state index is 0.00787. The number of carbonyl (C=O) groups excluding carboxylic acids is 2. The zero-order chi connectivity index (χ0) is 19.3. The SMILES string of the molecule is CCOC(=O)c1ccc(NC(=O)c2cc(S(N)(=O)=O)ccc2OC)cc1. The highest BCUT2D eigenvalue weighted by atomic mass is 32.2. The molecule has 0 aliphatic carbocycles. The van der Waals surface area contributed by atoms with Crippen LogP contribution in [-0.2, 0) is 14.8 Å². The van der Waals surface area contributed by atoms with Crippen LogP contribution in [0, 0.1) is 0 Å². The van der Waals surface area contributed by atoms with Crippen molar-refractivity contribution >= 4 is 27.6 Å². The quantitative estimate of drug-likeness (QED) is 0.738. The van der Waals surface area contributed by atoms with Crippen molar-refractivity contribution in [2.24, 2.45) is 5.14 Å². The third-order valence-electron chi connectivity index (χ3n) is 3.40. The first-order chi connectivity index (χ1) is 12.3. The van der Waals surface area contributed by atoms with Crippen molar-refractivity contribution in [3.8, 4) is 5.75 Å². The number of carbonyl (C=O) groups is 2. The van der Waals surface area contributed by atoms with Crippen molar-refractivity contribution in [3.63, 3.8) is 0 Å². The molecule has 0 heterocycles. The van der Waals surface area contributed by atoms with E-state index in [1.165, 1.54) is 43.5 Å². The van der Waals surface area contributed by atoms with Gasteiger partial charge in [0, 0.05) is 5.69 Å². The standard InChI is InChI=1S/C17H18N2O6S/c1-3-25-17(21)11-4-6-12(7-5-11)19-16(20)14-10-13(26(18,22)23)8-9-15(14)24-2/h4-10H,3H2,1-2H3,(H,19,20)(H2,18,22,23). The molecule has 0 atom stereocenters. The number of ether oxygens (including phenoxy) is 2. The van der Waals surface area contributed by atoms with Crippen LogP contribution in [0.5, 0.6) is 5.75 Å². The fourth-order valence-corrected chi connectivity index (χ4v) is 2.68. The van der Waals surface area contributed by atoms with Gasteiger partial charge in [0.15, 0.2) is 0 Å². The monoisotopic (exact) mass is 378 g/mol. The number of benzene rings is 2. The molecular formula is C17H18N2O6S. The molecule has 0 aliphatic rings. The molecule has 0 saturated carbocycles. The van der Waals surface area contributed by atoms with Crippen molar-refractivity contribution in [3.05, 3.63) is 53.6 Å². The lowest BCUT2D eigenvalue weighted by atomic mass is 10.1. The summed E-state index contributed by atoms with van der Waals surface area (Å²) in [5.41, 5.74) is 0.762. The van der Waals surface area contributed by atoms with Gasteiger partial charge in [0.1, 0.15) is 5.75 Å². The van der Waals surface area contributed by atoms with Gasteiger partial charge in [0.05, 0.1) is 29.7 Å². The van der Waals surface area contributed by atoms with E-state index < -0.39 is 21.9 Å². The summed E-state index contributed by atoms with van der Waals surface area (Å²) in [5, 5.41) is 7.70. The molecule has 9 heteroatoms. The van der Waals surface area contributed by atoms with Gasteiger partial charge in [-0.25, -0.2) is 18.4 Å². The number of esters is 1. The van der Waals surface area contributed by atoms with E-state index in [1.54, 1.807) is 6.92 Å². The highest BCUT2D eigenvalue weighted by Gasteiger charge is 2.17. The van der Waals surface area contributed by atoms with Gasteiger partial charge in [-0.1, -0.05) is 0 Å². The molecule has 0 unspecified atom stereocenters. The number of anilines is 1. The molecule has 3 N–H and O–H groups in total. The summed E-state index contributed by atoms with van der Waals surface area (Å²) in [6, 6.07) is 9.80. The summed E-state index contributed by atoms with van der Waals surface area (Å²) < 4.78 is 32.9. The first-order valence-electron chi connectivity index (χ1n) is 7.55. The molecule has 8 nitrogen and oxygen atoms in total. The maximum absolute atomic E-state index is 12.5. The highest BCUT2D eigenvalue weighted by Crippen LogP contribution is 2.23. The average molecular weight is 378 g/mol. The maximum atomic E-state index is 12.5. The van der Waals surface area contributed by atoms with Crippen molar-refractivity contribution < 1.29 is 27.5 Å². The van der Waals surface area contributed by atoms with Crippen LogP contribution in [0.2, 0.25) is 0 Å². The Labute approximate surface area is 151 Å². The van der Waals surface area contributed by atoms with Crippen LogP contribution in [0.15, 0.2) is 47.4 Å². The van der Waals surface area contributed by atoms with E-state index in [1.807, 2.05) is 0 Å². The van der Waals surface area contributed by atoms with Crippen LogP contribution >= 0.6 is 0 Å². The predicted molar refractivity (Wildman–Crippen MR) is 94.7 cm³/mol. The molecule has 2 aromatic rings. The third-order valence-corrected chi connectivity index (χ3v) is 4.31. The van der Waals surface area contributed by atoms with Gasteiger partial charge in [-0.3, -0.25) is 4.79 Å². The number of nitrogens with two attached hydrogens (primary N) is 1. The lowest BCUT2D eigenvalue weighted by Gasteiger charge is -2.11. The lowest BCUT2D eigenvalue weighted by molar-refractivity contribution is 0.0526. The van der Waals surface area contributed by atoms with Crippen molar-refractivity contribution in [1.29, 1.82) is 0 Å². The van der Waals surface area contributed by atoms with Crippen LogP contribution in [0.3, 0.4) is 0 Å². The van der Waals surface area contributed by atoms with Gasteiger partial charge in [-0.15, -0.1) is 0 Å². The number of methoxy groups -OCH3 is 1. The molecule has 0 spiro atoms. The largest absolute Gasteiger partial charge is 0.496 e. The summed E-state index contributed by atoms with van der Waals surface area (Å²) in [4.78, 5) is 23.9. The lowest BCUT2D eigenvalue weighted by Crippen LogP contribution is -2.17. The van der Waals surface area contributed by atoms with E-state index in [0.717, 1.165) is 6.07 Å². The Bertz CT molecular complexity index is 923. The number of sulfonamides is 1. The van der Waals surface area contributed by atoms with E-state index in [9.17, 15) is 18.0 Å². The molecule has 0 saturated heterocycles. The number of amides is 1. The molecule has 138 valence electrons. The molecule has 26 heavy (non-hydrogen) atoms. The molecule has 2 rings (SSSR count). The number of hydrogen-bond donors (Lipinski definition) is 2. The van der Waals surface area contributed by atoms with Crippen LogP contribution in [0.4, 0.5) is 5.69 Å². The molecule has 0 aromatic heterocycles. The number of nitrogens with one attached hydrogen (secondary N) is 1. The van der Waals surface area contributed by atoms with Crippen LogP contribution in [-0.4, -0.2) is 34.0 Å². The van der Waals surface area contributed by atoms with Gasteiger partial charge in [0.2, 0.25) is 10.0 Å². The molecule has 0 bridgehead atoms. The van der Waals surface area contributed by atoms with E-state index in [4.69, 9.17) is 14.6 Å². The van der Waals surface area contributed by atoms with E-state index in [-0.39, 0.29) is 22.8 Å². The summed E-state index contributed by atoms with van der Waals surface area (Å²) >= 11 is 0. The summed E-state index contributed by atoms with van der Waals surface area (Å²) in [6.07, 6.45) is 0. The second-order valence-electron chi connectivity index (χ2n) is 5.16. The van der Waals surface area contributed by atoms with E-state index in [0.29, 0.717) is 11.3 Å². The minimum atomic E-state index is -3.96. The molecule has 0 radical (unpaired) electrons. The molecule has 0 aliphatic heterocycles. The highest BCUT2D eigenvalue weighted by molar-refractivity contribution is 7.89. The van der Waals surface area contributed by atoms with E-state index in [2.05, 4.69) is 5.32 Å². The third kappa shape index (κ3) is 4.58. The molecular weight excluding hydrogens is 360 g/mol. The van der Waals surface area contributed by atoms with Gasteiger partial charge in [0.25, 0.3) is 5.91 Å². The Kier molecular flexibility index (Phi) is 5.96. The Morgan fingerprint density at radius 3 is 2.31 bits per heavy atom. The first-order valence-corrected chi connectivity index (χ1v) is 9.10. The smallest absolute Gasteiger partial charge is 0.338 e. The van der Waals surface area contributed by atoms with Gasteiger partial charge >= 0.3 is 5.97 Å². The van der Waals surface area contributed by atoms with Crippen molar-refractivity contribution in [2.45, 2.75) is 11.8 Å². The fourth-order valence-electron chi connectivity index (χ4n) is 2.14. The zero-order valence-corrected chi connectivity index (χ0v) is 15.0. The zero-order valence-electron chi connectivity index (χ0n) is 14.2. The molecule has 2 aromatic carbocycles. The Morgan fingerprint density at radius 2 is 1.77 bits per heavy atom. The number of primary sulfonamides is 1. The van der Waals surface area contributed by atoms with Crippen LogP contribution in [0.1, 0.15) is 27.6 Å². The Morgan fingerprint density at radius 1 is 1.12 bits per heavy atom. The number of hydrogen-bond acceptors (Lipinski definition) is 6. The van der Waals surface area contributed by atoms with Crippen molar-refractivity contribution in [1.82, 2.24) is 0 Å². The normalized spacial score (nSPS) is 10.9. The predicted octanol–water partition coefficient (Wildman–Crippen LogP) is 1.77. The molecule has 1 amide bonds. The van der Waals surface area contributed by atoms with E-state index >= 15 is 0 Å². The maximum Gasteiger partial charge on any atom is 0.338 e. The van der Waals surface area contributed by atoms with Crippen molar-refractivity contribution in [2.75, 3.05) is 19.0 Å². The minimum Gasteiger partial charge on any atom is -0.496 e. The van der Waals surface area contributed by atoms with Gasteiger partial charge in [-0.05, 0) is 49.4 Å².